The third kappa shape index (κ3) is 2.69. The van der Waals surface area contributed by atoms with Crippen molar-refractivity contribution in [3.8, 4) is 11.3 Å². The number of carbonyl (C=O) groups is 2. The van der Waals surface area contributed by atoms with E-state index in [-0.39, 0.29) is 18.1 Å². The highest BCUT2D eigenvalue weighted by Gasteiger charge is 2.31. The van der Waals surface area contributed by atoms with Crippen LogP contribution >= 0.6 is 0 Å². The summed E-state index contributed by atoms with van der Waals surface area (Å²) in [4.78, 5) is 25.3. The van der Waals surface area contributed by atoms with Crippen LogP contribution in [0, 0.1) is 5.92 Å². The number of benzene rings is 1. The van der Waals surface area contributed by atoms with Crippen LogP contribution in [-0.2, 0) is 4.79 Å². The van der Waals surface area contributed by atoms with Crippen molar-refractivity contribution in [2.45, 2.75) is 12.8 Å². The lowest BCUT2D eigenvalue weighted by Crippen LogP contribution is -2.42. The minimum atomic E-state index is -0.860. The van der Waals surface area contributed by atoms with Gasteiger partial charge in [0.1, 0.15) is 5.69 Å². The van der Waals surface area contributed by atoms with Crippen LogP contribution in [0.2, 0.25) is 0 Å². The Bertz CT molecular complexity index is 683. The van der Waals surface area contributed by atoms with Crippen molar-refractivity contribution in [2.24, 2.45) is 5.92 Å². The number of carboxylic acid groups (broad SMARTS) is 1. The molecule has 1 amide bonds. The second-order valence-corrected chi connectivity index (χ2v) is 5.32. The summed E-state index contributed by atoms with van der Waals surface area (Å²) in [5.41, 5.74) is 1.52. The minimum absolute atomic E-state index is 0.218. The number of carbonyl (C=O) groups excluding carboxylic acids is 1. The number of aromatic nitrogens is 3. The number of nitrogens with one attached hydrogen (secondary N) is 1. The van der Waals surface area contributed by atoms with Crippen LogP contribution in [0.15, 0.2) is 30.3 Å². The number of piperidine rings is 1. The van der Waals surface area contributed by atoms with Crippen molar-refractivity contribution in [1.29, 1.82) is 0 Å². The van der Waals surface area contributed by atoms with Crippen molar-refractivity contribution >= 4 is 11.9 Å². The molecule has 7 nitrogen and oxygen atoms in total. The molecule has 2 N–H and O–H groups in total. The number of hydrogen-bond acceptors (Lipinski definition) is 4. The summed E-state index contributed by atoms with van der Waals surface area (Å²) in [5, 5.41) is 19.6. The second kappa shape index (κ2) is 5.97. The Labute approximate surface area is 126 Å². The largest absolute Gasteiger partial charge is 0.481 e. The molecule has 0 saturated carbocycles. The Morgan fingerprint density at radius 1 is 1.23 bits per heavy atom. The SMILES string of the molecule is O=C(O)C1CCCN(C(=O)c2n[nH]nc2-c2ccccc2)C1. The van der Waals surface area contributed by atoms with Gasteiger partial charge in [0.2, 0.25) is 0 Å². The normalized spacial score (nSPS) is 18.2. The van der Waals surface area contributed by atoms with Crippen LogP contribution in [0.4, 0.5) is 0 Å². The highest BCUT2D eigenvalue weighted by molar-refractivity contribution is 5.98. The van der Waals surface area contributed by atoms with Crippen molar-refractivity contribution in [2.75, 3.05) is 13.1 Å². The van der Waals surface area contributed by atoms with Crippen molar-refractivity contribution < 1.29 is 14.7 Å². The van der Waals surface area contributed by atoms with Crippen LogP contribution in [0.3, 0.4) is 0 Å². The van der Waals surface area contributed by atoms with Crippen LogP contribution in [-0.4, -0.2) is 50.4 Å². The van der Waals surface area contributed by atoms with E-state index < -0.39 is 11.9 Å². The maximum absolute atomic E-state index is 12.6. The molecule has 2 aromatic rings. The van der Waals surface area contributed by atoms with Crippen LogP contribution in [0.5, 0.6) is 0 Å². The molecule has 1 aromatic carbocycles. The van der Waals surface area contributed by atoms with Crippen LogP contribution in [0.1, 0.15) is 23.3 Å². The lowest BCUT2D eigenvalue weighted by molar-refractivity contribution is -0.143. The van der Waals surface area contributed by atoms with Crippen LogP contribution in [0.25, 0.3) is 11.3 Å². The van der Waals surface area contributed by atoms with Crippen molar-refractivity contribution in [3.05, 3.63) is 36.0 Å². The Morgan fingerprint density at radius 2 is 2.00 bits per heavy atom. The van der Waals surface area contributed by atoms with E-state index in [4.69, 9.17) is 5.11 Å². The number of amides is 1. The summed E-state index contributed by atoms with van der Waals surface area (Å²) in [5.74, 6) is -1.65. The molecule has 0 spiro atoms. The predicted molar refractivity (Wildman–Crippen MR) is 78.1 cm³/mol. The standard InChI is InChI=1S/C15H16N4O3/c20-14(19-8-4-7-11(9-19)15(21)22)13-12(16-18-17-13)10-5-2-1-3-6-10/h1-3,5-6,11H,4,7-9H2,(H,21,22)(H,16,17,18). The average Bonchev–Trinajstić information content (AvgIpc) is 3.04. The molecule has 1 atom stereocenters. The molecule has 22 heavy (non-hydrogen) atoms. The van der Waals surface area contributed by atoms with Gasteiger partial charge in [0.15, 0.2) is 5.69 Å². The Balaban J connectivity index is 1.84. The molecule has 1 fully saturated rings. The first-order valence-corrected chi connectivity index (χ1v) is 7.15. The fraction of sp³-hybridized carbons (Fsp3) is 0.333. The van der Waals surface area contributed by atoms with Crippen molar-refractivity contribution in [1.82, 2.24) is 20.3 Å². The molecule has 3 rings (SSSR count). The van der Waals surface area contributed by atoms with E-state index in [2.05, 4.69) is 15.4 Å². The van der Waals surface area contributed by atoms with E-state index in [1.165, 1.54) is 0 Å². The number of rotatable bonds is 3. The summed E-state index contributed by atoms with van der Waals surface area (Å²) in [6.45, 7) is 0.763. The molecule has 1 aliphatic heterocycles. The minimum Gasteiger partial charge on any atom is -0.481 e. The lowest BCUT2D eigenvalue weighted by atomic mass is 9.98. The number of aliphatic carboxylic acids is 1. The molecule has 0 aliphatic carbocycles. The smallest absolute Gasteiger partial charge is 0.308 e. The summed E-state index contributed by atoms with van der Waals surface area (Å²) >= 11 is 0. The van der Waals surface area contributed by atoms with Gasteiger partial charge in [0, 0.05) is 18.7 Å². The molecule has 114 valence electrons. The van der Waals surface area contributed by atoms with E-state index in [0.717, 1.165) is 5.56 Å². The topological polar surface area (TPSA) is 99.2 Å². The third-order valence-electron chi connectivity index (χ3n) is 3.86. The summed E-state index contributed by atoms with van der Waals surface area (Å²) < 4.78 is 0. The maximum atomic E-state index is 12.6. The Morgan fingerprint density at radius 3 is 2.73 bits per heavy atom. The van der Waals surface area contributed by atoms with Gasteiger partial charge in [0.25, 0.3) is 5.91 Å². The second-order valence-electron chi connectivity index (χ2n) is 5.32. The predicted octanol–water partition coefficient (Wildman–Crippen LogP) is 1.41. The van der Waals surface area contributed by atoms with E-state index in [1.807, 2.05) is 30.3 Å². The van der Waals surface area contributed by atoms with Crippen molar-refractivity contribution in [3.63, 3.8) is 0 Å². The molecule has 1 saturated heterocycles. The summed E-state index contributed by atoms with van der Waals surface area (Å²) in [7, 11) is 0. The molecule has 2 heterocycles. The Kier molecular flexibility index (Phi) is 3.86. The first-order valence-electron chi connectivity index (χ1n) is 7.15. The molecular weight excluding hydrogens is 284 g/mol. The average molecular weight is 300 g/mol. The van der Waals surface area contributed by atoms with Gasteiger partial charge in [-0.25, -0.2) is 0 Å². The summed E-state index contributed by atoms with van der Waals surface area (Å²) in [6.07, 6.45) is 1.28. The molecule has 7 heteroatoms. The number of carboxylic acids is 1. The van der Waals surface area contributed by atoms with Gasteiger partial charge in [0.05, 0.1) is 5.92 Å². The first kappa shape index (κ1) is 14.2. The highest BCUT2D eigenvalue weighted by Crippen LogP contribution is 2.23. The third-order valence-corrected chi connectivity index (χ3v) is 3.86. The molecular formula is C15H16N4O3. The maximum Gasteiger partial charge on any atom is 0.308 e. The number of aromatic amines is 1. The van der Waals surface area contributed by atoms with Gasteiger partial charge in [-0.2, -0.15) is 15.4 Å². The number of hydrogen-bond donors (Lipinski definition) is 2. The zero-order valence-electron chi connectivity index (χ0n) is 11.9. The van der Waals surface area contributed by atoms with E-state index in [0.29, 0.717) is 25.1 Å². The van der Waals surface area contributed by atoms with Gasteiger partial charge in [-0.15, -0.1) is 0 Å². The van der Waals surface area contributed by atoms with Gasteiger partial charge >= 0.3 is 5.97 Å². The monoisotopic (exact) mass is 300 g/mol. The van der Waals surface area contributed by atoms with Gasteiger partial charge in [-0.3, -0.25) is 9.59 Å². The molecule has 1 aliphatic rings. The summed E-state index contributed by atoms with van der Waals surface area (Å²) in [6, 6.07) is 9.31. The molecule has 0 bridgehead atoms. The molecule has 0 radical (unpaired) electrons. The fourth-order valence-electron chi connectivity index (χ4n) is 2.69. The van der Waals surface area contributed by atoms with E-state index in [9.17, 15) is 9.59 Å². The van der Waals surface area contributed by atoms with Gasteiger partial charge in [-0.1, -0.05) is 30.3 Å². The van der Waals surface area contributed by atoms with Gasteiger partial charge < -0.3 is 10.0 Å². The number of H-pyrrole nitrogens is 1. The number of nitrogens with zero attached hydrogens (tertiary/aromatic N) is 3. The highest BCUT2D eigenvalue weighted by atomic mass is 16.4. The van der Waals surface area contributed by atoms with Crippen LogP contribution < -0.4 is 0 Å². The Hall–Kier alpha value is -2.70. The zero-order chi connectivity index (χ0) is 15.5. The van der Waals surface area contributed by atoms with Gasteiger partial charge in [-0.05, 0) is 12.8 Å². The zero-order valence-corrected chi connectivity index (χ0v) is 11.9. The molecule has 1 aromatic heterocycles. The molecule has 1 unspecified atom stereocenters. The lowest BCUT2D eigenvalue weighted by Gasteiger charge is -2.30. The fourth-order valence-corrected chi connectivity index (χ4v) is 2.69. The first-order chi connectivity index (χ1) is 10.7. The number of likely N-dealkylation sites (tertiary alicyclic amines) is 1. The van der Waals surface area contributed by atoms with E-state index >= 15 is 0 Å². The quantitative estimate of drug-likeness (QED) is 0.892. The van der Waals surface area contributed by atoms with E-state index in [1.54, 1.807) is 4.90 Å².